The molecule has 2 fully saturated rings. The highest BCUT2D eigenvalue weighted by Crippen LogP contribution is 2.55. The molecule has 28 heavy (non-hydrogen) atoms. The van der Waals surface area contributed by atoms with E-state index in [2.05, 4.69) is 6.08 Å². The number of likely N-dealkylation sites (tertiary alicyclic amines) is 1. The summed E-state index contributed by atoms with van der Waals surface area (Å²) in [5.74, 6) is -1.96. The maximum absolute atomic E-state index is 13.8. The fourth-order valence-electron chi connectivity index (χ4n) is 5.72. The summed E-state index contributed by atoms with van der Waals surface area (Å²) in [5.41, 5.74) is -1.61. The summed E-state index contributed by atoms with van der Waals surface area (Å²) >= 11 is 0. The van der Waals surface area contributed by atoms with Crippen LogP contribution in [0.2, 0.25) is 0 Å². The molecule has 1 amide bonds. The van der Waals surface area contributed by atoms with Crippen LogP contribution in [-0.2, 0) is 9.59 Å². The van der Waals surface area contributed by atoms with Gasteiger partial charge in [-0.25, -0.2) is 0 Å². The predicted molar refractivity (Wildman–Crippen MR) is 105 cm³/mol. The van der Waals surface area contributed by atoms with E-state index in [9.17, 15) is 24.9 Å². The summed E-state index contributed by atoms with van der Waals surface area (Å²) in [6.07, 6.45) is 8.68. The number of hydrogen-bond donors (Lipinski definition) is 3. The van der Waals surface area contributed by atoms with E-state index in [1.165, 1.54) is 11.9 Å². The van der Waals surface area contributed by atoms with Crippen LogP contribution in [0, 0.1) is 29.1 Å². The molecule has 6 heteroatoms. The summed E-state index contributed by atoms with van der Waals surface area (Å²) in [4.78, 5) is 27.9. The van der Waals surface area contributed by atoms with Gasteiger partial charge in [-0.1, -0.05) is 31.2 Å². The molecule has 1 saturated heterocycles. The number of rotatable bonds is 4. The average molecular weight is 392 g/mol. The first-order valence-corrected chi connectivity index (χ1v) is 10.2. The highest BCUT2D eigenvalue weighted by Gasteiger charge is 2.59. The van der Waals surface area contributed by atoms with Crippen molar-refractivity contribution < 1.29 is 24.9 Å². The molecule has 0 aromatic rings. The molecule has 1 saturated carbocycles. The Hall–Kier alpha value is -1.50. The van der Waals surface area contributed by atoms with Crippen molar-refractivity contribution >= 4 is 11.7 Å². The highest BCUT2D eigenvalue weighted by atomic mass is 16.3. The number of nitrogens with zero attached hydrogens (tertiary/aromatic N) is 1. The molecule has 1 heterocycles. The second kappa shape index (κ2) is 7.39. The number of Topliss-reactive ketones (excluding diaryl/α,β-unsaturated/α-hetero) is 1. The van der Waals surface area contributed by atoms with E-state index in [-0.39, 0.29) is 30.1 Å². The van der Waals surface area contributed by atoms with Gasteiger partial charge in [0.25, 0.3) is 0 Å². The first-order valence-electron chi connectivity index (χ1n) is 10.2. The summed E-state index contributed by atoms with van der Waals surface area (Å²) in [6.45, 7) is 5.27. The van der Waals surface area contributed by atoms with Gasteiger partial charge < -0.3 is 20.2 Å². The van der Waals surface area contributed by atoms with Gasteiger partial charge in [0.05, 0.1) is 24.4 Å². The Morgan fingerprint density at radius 3 is 2.61 bits per heavy atom. The van der Waals surface area contributed by atoms with Gasteiger partial charge in [0.2, 0.25) is 5.91 Å². The van der Waals surface area contributed by atoms with Crippen LogP contribution in [0.15, 0.2) is 24.3 Å². The number of ketones is 1. The Morgan fingerprint density at radius 2 is 2.04 bits per heavy atom. The monoisotopic (exact) mass is 391 g/mol. The van der Waals surface area contributed by atoms with E-state index in [0.717, 1.165) is 0 Å². The number of carbonyl (C=O) groups excluding carboxylic acids is 2. The molecule has 8 atom stereocenters. The molecule has 0 radical (unpaired) electrons. The SMILES string of the molecule is C/C=C\[C@@H]1C=C[C@@H]2C[C@@](C)(O)CC[C@H]2[C@]1(C)C(=O)C1C(=O)N(C)[C@@H](CO)C1O. The summed E-state index contributed by atoms with van der Waals surface area (Å²) in [5, 5.41) is 30.8. The Labute approximate surface area is 166 Å². The van der Waals surface area contributed by atoms with Crippen molar-refractivity contribution in [3.8, 4) is 0 Å². The molecule has 0 spiro atoms. The molecule has 0 bridgehead atoms. The Kier molecular flexibility index (Phi) is 5.60. The fraction of sp³-hybridized carbons (Fsp3) is 0.727. The zero-order valence-electron chi connectivity index (χ0n) is 17.2. The van der Waals surface area contributed by atoms with Gasteiger partial charge in [0, 0.05) is 18.4 Å². The maximum atomic E-state index is 13.8. The number of aliphatic hydroxyl groups is 3. The average Bonchev–Trinajstić information content (AvgIpc) is 2.84. The molecule has 3 aliphatic rings. The van der Waals surface area contributed by atoms with Crippen LogP contribution in [0.4, 0.5) is 0 Å². The van der Waals surface area contributed by atoms with Crippen LogP contribution >= 0.6 is 0 Å². The van der Waals surface area contributed by atoms with Gasteiger partial charge in [-0.05, 0) is 44.9 Å². The number of aliphatic hydroxyl groups excluding tert-OH is 2. The zero-order valence-corrected chi connectivity index (χ0v) is 17.2. The third kappa shape index (κ3) is 3.15. The number of carbonyl (C=O) groups is 2. The van der Waals surface area contributed by atoms with Gasteiger partial charge in [-0.3, -0.25) is 9.59 Å². The highest BCUT2D eigenvalue weighted by molar-refractivity contribution is 6.06. The third-order valence-electron chi connectivity index (χ3n) is 7.46. The van der Waals surface area contributed by atoms with E-state index in [4.69, 9.17) is 0 Å². The van der Waals surface area contributed by atoms with Crippen LogP contribution < -0.4 is 0 Å². The smallest absolute Gasteiger partial charge is 0.236 e. The molecular formula is C22H33NO5. The van der Waals surface area contributed by atoms with E-state index in [1.54, 1.807) is 0 Å². The van der Waals surface area contributed by atoms with Crippen molar-refractivity contribution in [2.24, 2.45) is 29.1 Å². The number of fused-ring (bicyclic) bond motifs is 1. The lowest BCUT2D eigenvalue weighted by Gasteiger charge is -2.52. The maximum Gasteiger partial charge on any atom is 0.236 e. The van der Waals surface area contributed by atoms with Crippen LogP contribution in [0.1, 0.15) is 40.0 Å². The minimum Gasteiger partial charge on any atom is -0.394 e. The molecule has 3 rings (SSSR count). The number of amides is 1. The molecule has 1 aliphatic heterocycles. The number of hydrogen-bond acceptors (Lipinski definition) is 5. The molecule has 6 nitrogen and oxygen atoms in total. The molecular weight excluding hydrogens is 358 g/mol. The standard InChI is InChI=1S/C22H33NO5/c1-5-6-14-8-7-13-11-21(2,28)10-9-15(13)22(14,3)19(26)17-18(25)16(12-24)23(4)20(17)27/h5-8,13-18,24-25,28H,9-12H2,1-4H3/b6-5-/t13-,14-,15-,16+,17?,18?,21+,22-/m1/s1. The normalized spacial score (nSPS) is 46.2. The van der Waals surface area contributed by atoms with Crippen LogP contribution in [0.25, 0.3) is 0 Å². The van der Waals surface area contributed by atoms with Crippen molar-refractivity contribution in [3.63, 3.8) is 0 Å². The third-order valence-corrected chi connectivity index (χ3v) is 7.46. The molecule has 3 N–H and O–H groups in total. The lowest BCUT2D eigenvalue weighted by Crippen LogP contribution is -2.54. The van der Waals surface area contributed by atoms with Gasteiger partial charge in [-0.2, -0.15) is 0 Å². The van der Waals surface area contributed by atoms with Crippen LogP contribution in [-0.4, -0.2) is 63.3 Å². The van der Waals surface area contributed by atoms with Crippen molar-refractivity contribution in [2.45, 2.75) is 57.8 Å². The second-order valence-corrected chi connectivity index (χ2v) is 9.26. The fourth-order valence-corrected chi connectivity index (χ4v) is 5.72. The topological polar surface area (TPSA) is 98.1 Å². The summed E-state index contributed by atoms with van der Waals surface area (Å²) in [6, 6.07) is -0.757. The van der Waals surface area contributed by atoms with E-state index >= 15 is 0 Å². The Bertz CT molecular complexity index is 699. The van der Waals surface area contributed by atoms with Gasteiger partial charge >= 0.3 is 0 Å². The molecule has 2 aliphatic carbocycles. The molecule has 2 unspecified atom stereocenters. The van der Waals surface area contributed by atoms with Gasteiger partial charge in [-0.15, -0.1) is 0 Å². The Morgan fingerprint density at radius 1 is 1.36 bits per heavy atom. The number of likely N-dealkylation sites (N-methyl/N-ethyl adjacent to an activating group) is 1. The largest absolute Gasteiger partial charge is 0.394 e. The lowest BCUT2D eigenvalue weighted by molar-refractivity contribution is -0.150. The van der Waals surface area contributed by atoms with Crippen LogP contribution in [0.5, 0.6) is 0 Å². The minimum absolute atomic E-state index is 0.00934. The first kappa shape index (κ1) is 21.2. The molecule has 156 valence electrons. The van der Waals surface area contributed by atoms with Gasteiger partial charge in [0.1, 0.15) is 5.92 Å². The first-order chi connectivity index (χ1) is 13.1. The lowest BCUT2D eigenvalue weighted by atomic mass is 9.52. The van der Waals surface area contributed by atoms with Crippen molar-refractivity contribution in [3.05, 3.63) is 24.3 Å². The summed E-state index contributed by atoms with van der Waals surface area (Å²) < 4.78 is 0. The molecule has 0 aromatic heterocycles. The minimum atomic E-state index is -1.21. The summed E-state index contributed by atoms with van der Waals surface area (Å²) in [7, 11) is 1.52. The van der Waals surface area contributed by atoms with Gasteiger partial charge in [0.15, 0.2) is 5.78 Å². The quantitative estimate of drug-likeness (QED) is 0.496. The van der Waals surface area contributed by atoms with E-state index in [0.29, 0.717) is 19.3 Å². The van der Waals surface area contributed by atoms with E-state index in [1.807, 2.05) is 39.0 Å². The second-order valence-electron chi connectivity index (χ2n) is 9.26. The van der Waals surface area contributed by atoms with E-state index < -0.39 is 35.0 Å². The zero-order chi connectivity index (χ0) is 20.9. The van der Waals surface area contributed by atoms with Crippen LogP contribution in [0.3, 0.4) is 0 Å². The predicted octanol–water partition coefficient (Wildman–Crippen LogP) is 1.30. The van der Waals surface area contributed by atoms with Crippen molar-refractivity contribution in [2.75, 3.05) is 13.7 Å². The van der Waals surface area contributed by atoms with Crippen molar-refractivity contribution in [1.82, 2.24) is 4.90 Å². The number of allylic oxidation sites excluding steroid dienone is 4. The molecule has 0 aromatic carbocycles. The Balaban J connectivity index is 2.02. The van der Waals surface area contributed by atoms with Crippen molar-refractivity contribution in [1.29, 1.82) is 0 Å².